The first kappa shape index (κ1) is 16.6. The summed E-state index contributed by atoms with van der Waals surface area (Å²) in [5.41, 5.74) is 5.02. The number of hydrogen-bond donors (Lipinski definition) is 3. The predicted octanol–water partition coefficient (Wildman–Crippen LogP) is 3.03. The topological polar surface area (TPSA) is 87.7 Å². The molecule has 110 valence electrons. The van der Waals surface area contributed by atoms with Crippen molar-refractivity contribution < 1.29 is 10.0 Å². The molecule has 0 radical (unpaired) electrons. The monoisotopic (exact) mass is 317 g/mol. The molecule has 1 aromatic carbocycles. The lowest BCUT2D eigenvalue weighted by atomic mass is 9.91. The zero-order chi connectivity index (χ0) is 15.3. The van der Waals surface area contributed by atoms with Crippen molar-refractivity contribution in [3.63, 3.8) is 0 Å². The van der Waals surface area contributed by atoms with Crippen molar-refractivity contribution in [2.75, 3.05) is 0 Å². The SMILES string of the molecule is CCC(CC)(NC(=O)c1cccc(Cl)c1Cl)/C(N)=N/O. The van der Waals surface area contributed by atoms with E-state index in [0.717, 1.165) is 0 Å². The maximum absolute atomic E-state index is 12.3. The smallest absolute Gasteiger partial charge is 0.253 e. The highest BCUT2D eigenvalue weighted by molar-refractivity contribution is 6.43. The molecule has 0 spiro atoms. The highest BCUT2D eigenvalue weighted by Gasteiger charge is 2.34. The minimum Gasteiger partial charge on any atom is -0.409 e. The maximum Gasteiger partial charge on any atom is 0.253 e. The van der Waals surface area contributed by atoms with Gasteiger partial charge in [-0.25, -0.2) is 0 Å². The summed E-state index contributed by atoms with van der Waals surface area (Å²) >= 11 is 11.9. The second-order valence-electron chi connectivity index (χ2n) is 4.33. The highest BCUT2D eigenvalue weighted by Crippen LogP contribution is 2.26. The molecule has 0 aliphatic carbocycles. The number of benzene rings is 1. The summed E-state index contributed by atoms with van der Waals surface area (Å²) in [5, 5.41) is 15.1. The molecule has 0 unspecified atom stereocenters. The molecule has 1 amide bonds. The van der Waals surface area contributed by atoms with Crippen molar-refractivity contribution in [2.45, 2.75) is 32.2 Å². The van der Waals surface area contributed by atoms with Crippen LogP contribution in [0.2, 0.25) is 10.0 Å². The van der Waals surface area contributed by atoms with Crippen LogP contribution in [-0.4, -0.2) is 22.5 Å². The lowest BCUT2D eigenvalue weighted by Gasteiger charge is -2.31. The minimum absolute atomic E-state index is 0.0472. The number of amidine groups is 1. The molecule has 0 saturated carbocycles. The molecule has 5 nitrogen and oxygen atoms in total. The fourth-order valence-electron chi connectivity index (χ4n) is 1.91. The molecule has 0 aliphatic rings. The number of rotatable bonds is 5. The second kappa shape index (κ2) is 6.81. The zero-order valence-electron chi connectivity index (χ0n) is 11.3. The minimum atomic E-state index is -0.919. The number of nitrogens with two attached hydrogens (primary N) is 1. The van der Waals surface area contributed by atoms with Crippen LogP contribution in [0.5, 0.6) is 0 Å². The van der Waals surface area contributed by atoms with Crippen molar-refractivity contribution in [1.29, 1.82) is 0 Å². The summed E-state index contributed by atoms with van der Waals surface area (Å²) in [4.78, 5) is 12.3. The van der Waals surface area contributed by atoms with Gasteiger partial charge in [0.1, 0.15) is 5.54 Å². The second-order valence-corrected chi connectivity index (χ2v) is 5.12. The standard InChI is InChI=1S/C13H17Cl2N3O2/c1-3-13(4-2,12(16)18-20)17-11(19)8-6-5-7-9(14)10(8)15/h5-7,20H,3-4H2,1-2H3,(H2,16,18)(H,17,19). The van der Waals surface area contributed by atoms with E-state index in [1.807, 2.05) is 13.8 Å². The molecule has 0 aromatic heterocycles. The van der Waals surface area contributed by atoms with Gasteiger partial charge in [-0.2, -0.15) is 0 Å². The van der Waals surface area contributed by atoms with Crippen molar-refractivity contribution in [3.8, 4) is 0 Å². The van der Waals surface area contributed by atoms with Crippen LogP contribution >= 0.6 is 23.2 Å². The number of halogens is 2. The van der Waals surface area contributed by atoms with Crippen LogP contribution in [0.3, 0.4) is 0 Å². The third-order valence-corrected chi connectivity index (χ3v) is 4.17. The molecule has 0 heterocycles. The molecule has 0 fully saturated rings. The van der Waals surface area contributed by atoms with E-state index >= 15 is 0 Å². The van der Waals surface area contributed by atoms with Gasteiger partial charge in [0.05, 0.1) is 15.6 Å². The van der Waals surface area contributed by atoms with E-state index in [1.165, 1.54) is 0 Å². The Bertz CT molecular complexity index is 528. The zero-order valence-corrected chi connectivity index (χ0v) is 12.8. The summed E-state index contributed by atoms with van der Waals surface area (Å²) in [6, 6.07) is 4.79. The van der Waals surface area contributed by atoms with E-state index in [9.17, 15) is 4.79 Å². The summed E-state index contributed by atoms with van der Waals surface area (Å²) in [7, 11) is 0. The van der Waals surface area contributed by atoms with Crippen LogP contribution in [0.15, 0.2) is 23.4 Å². The summed E-state index contributed by atoms with van der Waals surface area (Å²) < 4.78 is 0. The molecule has 0 aliphatic heterocycles. The summed E-state index contributed by atoms with van der Waals surface area (Å²) in [6.45, 7) is 3.67. The lowest BCUT2D eigenvalue weighted by Crippen LogP contribution is -2.56. The number of carbonyl (C=O) groups excluding carboxylic acids is 1. The molecular weight excluding hydrogens is 301 g/mol. The van der Waals surface area contributed by atoms with Crippen LogP contribution in [0.1, 0.15) is 37.0 Å². The fraction of sp³-hybridized carbons (Fsp3) is 0.385. The first-order valence-corrected chi connectivity index (χ1v) is 6.92. The van der Waals surface area contributed by atoms with Gasteiger partial charge in [0.2, 0.25) is 0 Å². The van der Waals surface area contributed by atoms with Gasteiger partial charge in [-0.15, -0.1) is 0 Å². The highest BCUT2D eigenvalue weighted by atomic mass is 35.5. The first-order valence-electron chi connectivity index (χ1n) is 6.16. The molecule has 20 heavy (non-hydrogen) atoms. The number of amides is 1. The third-order valence-electron chi connectivity index (χ3n) is 3.35. The Morgan fingerprint density at radius 1 is 1.40 bits per heavy atom. The molecule has 4 N–H and O–H groups in total. The Kier molecular flexibility index (Phi) is 5.65. The van der Waals surface area contributed by atoms with Crippen LogP contribution in [0.4, 0.5) is 0 Å². The Balaban J connectivity index is 3.12. The molecule has 0 bridgehead atoms. The molecule has 0 saturated heterocycles. The molecule has 1 aromatic rings. The molecule has 7 heteroatoms. The normalized spacial score (nSPS) is 12.3. The van der Waals surface area contributed by atoms with Gasteiger partial charge >= 0.3 is 0 Å². The molecule has 0 atom stereocenters. The Labute approximate surface area is 127 Å². The third kappa shape index (κ3) is 3.16. The Morgan fingerprint density at radius 2 is 2.00 bits per heavy atom. The quantitative estimate of drug-likeness (QED) is 0.337. The fourth-order valence-corrected chi connectivity index (χ4v) is 2.30. The van der Waals surface area contributed by atoms with Gasteiger partial charge in [0.25, 0.3) is 5.91 Å². The van der Waals surface area contributed by atoms with E-state index in [4.69, 9.17) is 34.1 Å². The van der Waals surface area contributed by atoms with Gasteiger partial charge in [0.15, 0.2) is 5.84 Å². The lowest BCUT2D eigenvalue weighted by molar-refractivity contribution is 0.0918. The van der Waals surface area contributed by atoms with Crippen LogP contribution < -0.4 is 11.1 Å². The Hall–Kier alpha value is -1.46. The van der Waals surface area contributed by atoms with Gasteiger partial charge in [-0.1, -0.05) is 48.3 Å². The largest absolute Gasteiger partial charge is 0.409 e. The summed E-state index contributed by atoms with van der Waals surface area (Å²) in [6.07, 6.45) is 0.951. The van der Waals surface area contributed by atoms with Crippen molar-refractivity contribution in [1.82, 2.24) is 5.32 Å². The van der Waals surface area contributed by atoms with E-state index in [2.05, 4.69) is 10.5 Å². The Morgan fingerprint density at radius 3 is 2.50 bits per heavy atom. The molecular formula is C13H17Cl2N3O2. The number of nitrogens with zero attached hydrogens (tertiary/aromatic N) is 1. The predicted molar refractivity (Wildman–Crippen MR) is 80.7 cm³/mol. The van der Waals surface area contributed by atoms with Gasteiger partial charge in [0, 0.05) is 0 Å². The van der Waals surface area contributed by atoms with E-state index in [-0.39, 0.29) is 16.4 Å². The van der Waals surface area contributed by atoms with Gasteiger partial charge in [-0.05, 0) is 25.0 Å². The van der Waals surface area contributed by atoms with Crippen molar-refractivity contribution in [3.05, 3.63) is 33.8 Å². The number of oxime groups is 1. The molecule has 1 rings (SSSR count). The van der Waals surface area contributed by atoms with Gasteiger partial charge < -0.3 is 16.3 Å². The van der Waals surface area contributed by atoms with E-state index in [0.29, 0.717) is 17.9 Å². The maximum atomic E-state index is 12.3. The summed E-state index contributed by atoms with van der Waals surface area (Å²) in [5.74, 6) is -0.471. The average Bonchev–Trinajstić information content (AvgIpc) is 2.46. The van der Waals surface area contributed by atoms with Crippen LogP contribution in [0.25, 0.3) is 0 Å². The number of carbonyl (C=O) groups is 1. The van der Waals surface area contributed by atoms with Crippen molar-refractivity contribution in [2.24, 2.45) is 10.9 Å². The number of hydrogen-bond acceptors (Lipinski definition) is 3. The van der Waals surface area contributed by atoms with Crippen molar-refractivity contribution >= 4 is 34.9 Å². The van der Waals surface area contributed by atoms with E-state index < -0.39 is 11.4 Å². The van der Waals surface area contributed by atoms with E-state index in [1.54, 1.807) is 18.2 Å². The van der Waals surface area contributed by atoms with Gasteiger partial charge in [-0.3, -0.25) is 4.79 Å². The van der Waals surface area contributed by atoms with Crippen LogP contribution in [0, 0.1) is 0 Å². The first-order chi connectivity index (χ1) is 9.41. The number of nitrogens with one attached hydrogen (secondary N) is 1. The van der Waals surface area contributed by atoms with Crippen LogP contribution in [-0.2, 0) is 0 Å². The average molecular weight is 318 g/mol.